The molecular weight excluding hydrogens is 356 g/mol. The highest BCUT2D eigenvalue weighted by Gasteiger charge is 2.18. The molecular formula is C19H29ClN2O4. The standard InChI is InChI=1S/C19H29ClN2O4/c1-19(2,3)26-18(24)22-16(13-20)11-7-8-12-21-17(23)25-14-15-9-5-4-6-10-15/h4-6,9-10,16H,7-8,11-14H2,1-3H3,(H,21,23)(H,22,24)/t16-/m0/s1. The fourth-order valence-corrected chi connectivity index (χ4v) is 2.37. The molecule has 0 aliphatic rings. The van der Waals surface area contributed by atoms with Gasteiger partial charge in [0.05, 0.1) is 0 Å². The number of carbonyl (C=O) groups is 2. The molecule has 2 N–H and O–H groups in total. The van der Waals surface area contributed by atoms with Gasteiger partial charge < -0.3 is 20.1 Å². The normalized spacial score (nSPS) is 12.2. The molecule has 146 valence electrons. The lowest BCUT2D eigenvalue weighted by Gasteiger charge is -2.22. The van der Waals surface area contributed by atoms with E-state index in [9.17, 15) is 9.59 Å². The molecule has 7 heteroatoms. The average molecular weight is 385 g/mol. The second-order valence-corrected chi connectivity index (χ2v) is 7.29. The molecule has 0 unspecified atom stereocenters. The summed E-state index contributed by atoms with van der Waals surface area (Å²) in [4.78, 5) is 23.3. The number of hydrogen-bond acceptors (Lipinski definition) is 4. The SMILES string of the molecule is CC(C)(C)OC(=O)N[C@H](CCl)CCCCNC(=O)OCc1ccccc1. The van der Waals surface area contributed by atoms with Gasteiger partial charge in [-0.25, -0.2) is 9.59 Å². The van der Waals surface area contributed by atoms with Crippen LogP contribution in [0.5, 0.6) is 0 Å². The van der Waals surface area contributed by atoms with E-state index in [1.54, 1.807) is 0 Å². The predicted molar refractivity (Wildman–Crippen MR) is 102 cm³/mol. The van der Waals surface area contributed by atoms with Crippen LogP contribution in [0, 0.1) is 0 Å². The van der Waals surface area contributed by atoms with Gasteiger partial charge in [0.1, 0.15) is 12.2 Å². The summed E-state index contributed by atoms with van der Waals surface area (Å²) in [5, 5.41) is 5.47. The number of hydrogen-bond donors (Lipinski definition) is 2. The molecule has 0 saturated heterocycles. The fourth-order valence-electron chi connectivity index (χ4n) is 2.14. The minimum Gasteiger partial charge on any atom is -0.445 e. The first-order valence-electron chi connectivity index (χ1n) is 8.80. The van der Waals surface area contributed by atoms with Crippen molar-refractivity contribution in [2.24, 2.45) is 0 Å². The lowest BCUT2D eigenvalue weighted by atomic mass is 10.1. The van der Waals surface area contributed by atoms with Gasteiger partial charge in [0.2, 0.25) is 0 Å². The summed E-state index contributed by atoms with van der Waals surface area (Å²) in [6.07, 6.45) is 1.39. The van der Waals surface area contributed by atoms with Gasteiger partial charge in [-0.05, 0) is 45.6 Å². The molecule has 1 aromatic carbocycles. The summed E-state index contributed by atoms with van der Waals surface area (Å²) >= 11 is 5.89. The Morgan fingerprint density at radius 3 is 2.42 bits per heavy atom. The summed E-state index contributed by atoms with van der Waals surface area (Å²) in [5.74, 6) is 0.311. The molecule has 0 radical (unpaired) electrons. The molecule has 0 bridgehead atoms. The molecule has 1 aromatic rings. The third kappa shape index (κ3) is 10.8. The Balaban J connectivity index is 2.12. The fraction of sp³-hybridized carbons (Fsp3) is 0.579. The second kappa shape index (κ2) is 11.6. The zero-order chi connectivity index (χ0) is 19.4. The zero-order valence-corrected chi connectivity index (χ0v) is 16.5. The number of nitrogens with one attached hydrogen (secondary N) is 2. The number of unbranched alkanes of at least 4 members (excludes halogenated alkanes) is 1. The maximum Gasteiger partial charge on any atom is 0.407 e. The molecule has 0 heterocycles. The molecule has 0 aliphatic carbocycles. The van der Waals surface area contributed by atoms with E-state index in [0.29, 0.717) is 18.8 Å². The van der Waals surface area contributed by atoms with Gasteiger partial charge in [-0.15, -0.1) is 11.6 Å². The van der Waals surface area contributed by atoms with Crippen LogP contribution in [0.15, 0.2) is 30.3 Å². The highest BCUT2D eigenvalue weighted by Crippen LogP contribution is 2.09. The zero-order valence-electron chi connectivity index (χ0n) is 15.7. The van der Waals surface area contributed by atoms with Crippen LogP contribution < -0.4 is 10.6 Å². The van der Waals surface area contributed by atoms with Gasteiger partial charge in [0, 0.05) is 18.5 Å². The number of alkyl carbamates (subject to hydrolysis) is 2. The number of alkyl halides is 1. The van der Waals surface area contributed by atoms with Gasteiger partial charge in [-0.2, -0.15) is 0 Å². The van der Waals surface area contributed by atoms with Gasteiger partial charge in [-0.1, -0.05) is 30.3 Å². The smallest absolute Gasteiger partial charge is 0.407 e. The summed E-state index contributed by atoms with van der Waals surface area (Å²) in [7, 11) is 0. The molecule has 1 atom stereocenters. The van der Waals surface area contributed by atoms with Crippen molar-refractivity contribution < 1.29 is 19.1 Å². The quantitative estimate of drug-likeness (QED) is 0.493. The van der Waals surface area contributed by atoms with Crippen molar-refractivity contribution in [1.82, 2.24) is 10.6 Å². The minimum absolute atomic E-state index is 0.156. The third-order valence-electron chi connectivity index (χ3n) is 3.37. The maximum absolute atomic E-state index is 11.7. The van der Waals surface area contributed by atoms with Crippen molar-refractivity contribution in [2.75, 3.05) is 12.4 Å². The molecule has 0 aliphatic heterocycles. The van der Waals surface area contributed by atoms with Crippen LogP contribution in [0.2, 0.25) is 0 Å². The first-order valence-corrected chi connectivity index (χ1v) is 9.33. The molecule has 26 heavy (non-hydrogen) atoms. The maximum atomic E-state index is 11.7. The van der Waals surface area contributed by atoms with Crippen LogP contribution in [-0.4, -0.2) is 36.3 Å². The van der Waals surface area contributed by atoms with E-state index in [0.717, 1.165) is 18.4 Å². The average Bonchev–Trinajstić information content (AvgIpc) is 2.58. The lowest BCUT2D eigenvalue weighted by molar-refractivity contribution is 0.0506. The largest absolute Gasteiger partial charge is 0.445 e. The van der Waals surface area contributed by atoms with Crippen molar-refractivity contribution in [3.63, 3.8) is 0 Å². The van der Waals surface area contributed by atoms with E-state index < -0.39 is 17.8 Å². The van der Waals surface area contributed by atoms with Crippen LogP contribution in [0.3, 0.4) is 0 Å². The lowest BCUT2D eigenvalue weighted by Crippen LogP contribution is -2.40. The Morgan fingerprint density at radius 1 is 1.12 bits per heavy atom. The van der Waals surface area contributed by atoms with Crippen molar-refractivity contribution >= 4 is 23.8 Å². The third-order valence-corrected chi connectivity index (χ3v) is 3.74. The van der Waals surface area contributed by atoms with E-state index in [4.69, 9.17) is 21.1 Å². The number of rotatable bonds is 9. The van der Waals surface area contributed by atoms with Crippen molar-refractivity contribution in [2.45, 2.75) is 58.3 Å². The summed E-state index contributed by atoms with van der Waals surface area (Å²) in [6.45, 7) is 6.19. The van der Waals surface area contributed by atoms with Crippen molar-refractivity contribution in [1.29, 1.82) is 0 Å². The number of ether oxygens (including phenoxy) is 2. The highest BCUT2D eigenvalue weighted by atomic mass is 35.5. The van der Waals surface area contributed by atoms with Crippen LogP contribution in [0.25, 0.3) is 0 Å². The van der Waals surface area contributed by atoms with Crippen molar-refractivity contribution in [3.05, 3.63) is 35.9 Å². The molecule has 0 fully saturated rings. The second-order valence-electron chi connectivity index (χ2n) is 6.98. The van der Waals surface area contributed by atoms with E-state index >= 15 is 0 Å². The van der Waals surface area contributed by atoms with Gasteiger partial charge in [-0.3, -0.25) is 0 Å². The Labute approximate surface area is 160 Å². The molecule has 0 saturated carbocycles. The highest BCUT2D eigenvalue weighted by molar-refractivity contribution is 6.18. The van der Waals surface area contributed by atoms with Gasteiger partial charge in [0.25, 0.3) is 0 Å². The van der Waals surface area contributed by atoms with E-state index in [2.05, 4.69) is 10.6 Å². The summed E-state index contributed by atoms with van der Waals surface area (Å²) in [6, 6.07) is 9.35. The molecule has 1 rings (SSSR count). The minimum atomic E-state index is -0.537. The summed E-state index contributed by atoms with van der Waals surface area (Å²) < 4.78 is 10.3. The first-order chi connectivity index (χ1) is 12.3. The van der Waals surface area contributed by atoms with Crippen LogP contribution in [0.4, 0.5) is 9.59 Å². The Bertz CT molecular complexity index is 546. The summed E-state index contributed by atoms with van der Waals surface area (Å²) in [5.41, 5.74) is 0.408. The number of halogens is 1. The molecule has 0 spiro atoms. The Hall–Kier alpha value is -1.95. The van der Waals surface area contributed by atoms with Crippen LogP contribution in [0.1, 0.15) is 45.6 Å². The monoisotopic (exact) mass is 384 g/mol. The van der Waals surface area contributed by atoms with Crippen molar-refractivity contribution in [3.8, 4) is 0 Å². The van der Waals surface area contributed by atoms with Gasteiger partial charge in [0.15, 0.2) is 0 Å². The van der Waals surface area contributed by atoms with Gasteiger partial charge >= 0.3 is 12.2 Å². The molecule has 0 aromatic heterocycles. The number of carbonyl (C=O) groups excluding carboxylic acids is 2. The molecule has 6 nitrogen and oxygen atoms in total. The number of benzene rings is 1. The van der Waals surface area contributed by atoms with Crippen LogP contribution in [-0.2, 0) is 16.1 Å². The topological polar surface area (TPSA) is 76.7 Å². The Morgan fingerprint density at radius 2 is 1.81 bits per heavy atom. The van der Waals surface area contributed by atoms with E-state index in [-0.39, 0.29) is 12.6 Å². The number of amides is 2. The predicted octanol–water partition coefficient (Wildman–Crippen LogP) is 4.22. The van der Waals surface area contributed by atoms with Crippen LogP contribution >= 0.6 is 11.6 Å². The Kier molecular flexibility index (Phi) is 9.88. The van der Waals surface area contributed by atoms with E-state index in [1.165, 1.54) is 0 Å². The van der Waals surface area contributed by atoms with E-state index in [1.807, 2.05) is 51.1 Å². The first kappa shape index (κ1) is 22.1. The molecule has 2 amide bonds.